The average Bonchev–Trinajstić information content (AvgIpc) is 3.12. The third kappa shape index (κ3) is 4.00. The Hall–Kier alpha value is -0.960. The quantitative estimate of drug-likeness (QED) is 0.794. The Bertz CT molecular complexity index is 646. The van der Waals surface area contributed by atoms with Crippen molar-refractivity contribution in [2.45, 2.75) is 29.1 Å². The maximum atomic E-state index is 11.9. The highest BCUT2D eigenvalue weighted by molar-refractivity contribution is 7.89. The molecule has 1 aromatic rings. The van der Waals surface area contributed by atoms with E-state index in [4.69, 9.17) is 5.14 Å². The number of nitrogens with one attached hydrogen (secondary N) is 1. The second-order valence-corrected chi connectivity index (χ2v) is 7.97. The zero-order valence-corrected chi connectivity index (χ0v) is 11.9. The van der Waals surface area contributed by atoms with E-state index in [0.29, 0.717) is 12.5 Å². The molecule has 0 aliphatic heterocycles. The lowest BCUT2D eigenvalue weighted by Crippen LogP contribution is -2.25. The van der Waals surface area contributed by atoms with Gasteiger partial charge < -0.3 is 0 Å². The maximum Gasteiger partial charge on any atom is 0.240 e. The molecule has 1 aliphatic carbocycles. The molecule has 1 fully saturated rings. The molecule has 19 heavy (non-hydrogen) atoms. The molecule has 2 rings (SSSR count). The Morgan fingerprint density at radius 2 is 1.58 bits per heavy atom. The second-order valence-electron chi connectivity index (χ2n) is 4.65. The van der Waals surface area contributed by atoms with E-state index in [1.54, 1.807) is 0 Å². The average molecular weight is 304 g/mol. The molecule has 0 amide bonds. The van der Waals surface area contributed by atoms with Crippen LogP contribution in [0.1, 0.15) is 19.3 Å². The van der Waals surface area contributed by atoms with Crippen LogP contribution in [0.3, 0.4) is 0 Å². The van der Waals surface area contributed by atoms with Crippen molar-refractivity contribution >= 4 is 20.0 Å². The van der Waals surface area contributed by atoms with Crippen molar-refractivity contribution in [1.82, 2.24) is 4.72 Å². The first-order chi connectivity index (χ1) is 8.79. The van der Waals surface area contributed by atoms with E-state index in [9.17, 15) is 16.8 Å². The zero-order chi connectivity index (χ0) is 14.1. The summed E-state index contributed by atoms with van der Waals surface area (Å²) in [5, 5.41) is 4.94. The van der Waals surface area contributed by atoms with Crippen molar-refractivity contribution in [2.24, 2.45) is 11.1 Å². The van der Waals surface area contributed by atoms with E-state index in [2.05, 4.69) is 4.72 Å². The Balaban J connectivity index is 2.07. The van der Waals surface area contributed by atoms with E-state index in [1.807, 2.05) is 0 Å². The molecule has 8 heteroatoms. The fourth-order valence-electron chi connectivity index (χ4n) is 1.70. The van der Waals surface area contributed by atoms with Gasteiger partial charge in [0.2, 0.25) is 20.0 Å². The highest BCUT2D eigenvalue weighted by Gasteiger charge is 2.22. The van der Waals surface area contributed by atoms with Crippen LogP contribution >= 0.6 is 0 Å². The number of primary sulfonamides is 1. The SMILES string of the molecule is NS(=O)(=O)c1ccc(S(=O)(=O)NCCC2CC2)cc1. The lowest BCUT2D eigenvalue weighted by Gasteiger charge is -2.06. The fourth-order valence-corrected chi connectivity index (χ4v) is 3.26. The standard InChI is InChI=1S/C11H16N2O4S2/c12-18(14,15)10-3-5-11(6-4-10)19(16,17)13-8-7-9-1-2-9/h3-6,9,13H,1-2,7-8H2,(H2,12,14,15). The van der Waals surface area contributed by atoms with Gasteiger partial charge in [0.25, 0.3) is 0 Å². The molecule has 0 spiro atoms. The van der Waals surface area contributed by atoms with Crippen molar-refractivity contribution < 1.29 is 16.8 Å². The summed E-state index contributed by atoms with van der Waals surface area (Å²) in [7, 11) is -7.38. The number of rotatable bonds is 6. The largest absolute Gasteiger partial charge is 0.240 e. The number of hydrogen-bond donors (Lipinski definition) is 2. The van der Waals surface area contributed by atoms with Crippen molar-refractivity contribution in [3.63, 3.8) is 0 Å². The molecule has 0 saturated heterocycles. The van der Waals surface area contributed by atoms with Crippen LogP contribution in [0.4, 0.5) is 0 Å². The molecule has 3 N–H and O–H groups in total. The summed E-state index contributed by atoms with van der Waals surface area (Å²) in [5.74, 6) is 0.646. The highest BCUT2D eigenvalue weighted by atomic mass is 32.2. The van der Waals surface area contributed by atoms with Crippen molar-refractivity contribution in [3.8, 4) is 0 Å². The predicted octanol–water partition coefficient (Wildman–Crippen LogP) is 0.412. The van der Waals surface area contributed by atoms with Crippen molar-refractivity contribution in [3.05, 3.63) is 24.3 Å². The topological polar surface area (TPSA) is 106 Å². The minimum absolute atomic E-state index is 0.0377. The van der Waals surface area contributed by atoms with Gasteiger partial charge in [0, 0.05) is 6.54 Å². The van der Waals surface area contributed by atoms with Crippen LogP contribution in [0.5, 0.6) is 0 Å². The Morgan fingerprint density at radius 1 is 1.05 bits per heavy atom. The monoisotopic (exact) mass is 304 g/mol. The number of sulfonamides is 2. The smallest absolute Gasteiger partial charge is 0.225 e. The summed E-state index contributed by atoms with van der Waals surface area (Å²) in [6.07, 6.45) is 3.18. The van der Waals surface area contributed by atoms with Gasteiger partial charge in [0.15, 0.2) is 0 Å². The highest BCUT2D eigenvalue weighted by Crippen LogP contribution is 2.31. The first-order valence-corrected chi connectivity index (χ1v) is 8.94. The molecular formula is C11H16N2O4S2. The van der Waals surface area contributed by atoms with Gasteiger partial charge in [-0.15, -0.1) is 0 Å². The minimum Gasteiger partial charge on any atom is -0.225 e. The van der Waals surface area contributed by atoms with Crippen LogP contribution in [0.25, 0.3) is 0 Å². The summed E-state index contributed by atoms with van der Waals surface area (Å²) in [6, 6.07) is 4.84. The molecule has 106 valence electrons. The van der Waals surface area contributed by atoms with Crippen LogP contribution in [-0.2, 0) is 20.0 Å². The Morgan fingerprint density at radius 3 is 2.05 bits per heavy atom. The Labute approximate surface area is 113 Å². The van der Waals surface area contributed by atoms with Gasteiger partial charge >= 0.3 is 0 Å². The Kier molecular flexibility index (Phi) is 3.95. The summed E-state index contributed by atoms with van der Waals surface area (Å²) >= 11 is 0. The third-order valence-electron chi connectivity index (χ3n) is 3.00. The van der Waals surface area contributed by atoms with Crippen LogP contribution in [0.2, 0.25) is 0 Å². The maximum absolute atomic E-state index is 11.9. The van der Waals surface area contributed by atoms with Crippen LogP contribution < -0.4 is 9.86 Å². The van der Waals surface area contributed by atoms with Crippen molar-refractivity contribution in [2.75, 3.05) is 6.54 Å². The van der Waals surface area contributed by atoms with E-state index in [1.165, 1.54) is 37.1 Å². The number of benzene rings is 1. The molecule has 0 bridgehead atoms. The predicted molar refractivity (Wildman–Crippen MR) is 70.3 cm³/mol. The molecule has 0 heterocycles. The fraction of sp³-hybridized carbons (Fsp3) is 0.455. The van der Waals surface area contributed by atoms with Gasteiger partial charge in [-0.25, -0.2) is 26.7 Å². The van der Waals surface area contributed by atoms with E-state index >= 15 is 0 Å². The molecule has 6 nitrogen and oxygen atoms in total. The van der Waals surface area contributed by atoms with Gasteiger partial charge in [0.05, 0.1) is 9.79 Å². The first kappa shape index (κ1) is 14.4. The van der Waals surface area contributed by atoms with Gasteiger partial charge in [-0.2, -0.15) is 0 Å². The summed E-state index contributed by atoms with van der Waals surface area (Å²) in [6.45, 7) is 0.407. The molecule has 1 saturated carbocycles. The van der Waals surface area contributed by atoms with Crippen LogP contribution in [0, 0.1) is 5.92 Å². The molecular weight excluding hydrogens is 288 g/mol. The summed E-state index contributed by atoms with van der Waals surface area (Å²) < 4.78 is 48.4. The third-order valence-corrected chi connectivity index (χ3v) is 5.41. The first-order valence-electron chi connectivity index (χ1n) is 5.91. The van der Waals surface area contributed by atoms with Gasteiger partial charge in [0.1, 0.15) is 0 Å². The van der Waals surface area contributed by atoms with E-state index < -0.39 is 20.0 Å². The second kappa shape index (κ2) is 5.20. The molecule has 0 unspecified atom stereocenters. The molecule has 1 aliphatic rings. The number of nitrogens with two attached hydrogens (primary N) is 1. The lowest BCUT2D eigenvalue weighted by atomic mass is 10.3. The molecule has 0 radical (unpaired) electrons. The van der Waals surface area contributed by atoms with E-state index in [-0.39, 0.29) is 9.79 Å². The van der Waals surface area contributed by atoms with Gasteiger partial charge in [-0.3, -0.25) is 0 Å². The molecule has 0 aromatic heterocycles. The molecule has 0 atom stereocenters. The van der Waals surface area contributed by atoms with Crippen molar-refractivity contribution in [1.29, 1.82) is 0 Å². The zero-order valence-electron chi connectivity index (χ0n) is 10.2. The number of hydrogen-bond acceptors (Lipinski definition) is 4. The van der Waals surface area contributed by atoms with Crippen LogP contribution in [-0.4, -0.2) is 23.4 Å². The summed E-state index contributed by atoms with van der Waals surface area (Å²) in [4.78, 5) is -0.0693. The van der Waals surface area contributed by atoms with Crippen LogP contribution in [0.15, 0.2) is 34.1 Å². The minimum atomic E-state index is -3.80. The van der Waals surface area contributed by atoms with Gasteiger partial charge in [-0.05, 0) is 36.6 Å². The normalized spacial score (nSPS) is 16.5. The van der Waals surface area contributed by atoms with E-state index in [0.717, 1.165) is 6.42 Å². The summed E-state index contributed by atoms with van der Waals surface area (Å²) in [5.41, 5.74) is 0. The van der Waals surface area contributed by atoms with Gasteiger partial charge in [-0.1, -0.05) is 12.8 Å². The molecule has 1 aromatic carbocycles. The lowest BCUT2D eigenvalue weighted by molar-refractivity contribution is 0.574.